The minimum Gasteiger partial charge on any atom is -0.504 e. The lowest BCUT2D eigenvalue weighted by Gasteiger charge is -2.23. The zero-order valence-corrected chi connectivity index (χ0v) is 12.5. The first-order chi connectivity index (χ1) is 9.26. The topological polar surface area (TPSA) is 81.8 Å². The van der Waals surface area contributed by atoms with Crippen LogP contribution in [-0.2, 0) is 16.0 Å². The zero-order chi connectivity index (χ0) is 15.3. The second-order valence-electron chi connectivity index (χ2n) is 5.68. The van der Waals surface area contributed by atoms with Crippen molar-refractivity contribution in [3.05, 3.63) is 23.8 Å². The zero-order valence-electron chi connectivity index (χ0n) is 12.5. The first kappa shape index (κ1) is 16.3. The van der Waals surface area contributed by atoms with Gasteiger partial charge in [-0.3, -0.25) is 4.79 Å². The Kier molecular flexibility index (Phi) is 5.39. The van der Waals surface area contributed by atoms with Crippen molar-refractivity contribution < 1.29 is 19.4 Å². The third kappa shape index (κ3) is 4.74. The number of ether oxygens (including phenoxy) is 2. The van der Waals surface area contributed by atoms with Crippen LogP contribution in [0.4, 0.5) is 0 Å². The largest absolute Gasteiger partial charge is 0.504 e. The van der Waals surface area contributed by atoms with Gasteiger partial charge < -0.3 is 20.3 Å². The molecule has 1 aromatic carbocycles. The summed E-state index contributed by atoms with van der Waals surface area (Å²) in [6.45, 7) is 5.65. The van der Waals surface area contributed by atoms with E-state index in [0.717, 1.165) is 5.56 Å². The van der Waals surface area contributed by atoms with Gasteiger partial charge in [-0.05, 0) is 44.9 Å². The monoisotopic (exact) mass is 281 g/mol. The lowest BCUT2D eigenvalue weighted by molar-refractivity contribution is -0.159. The highest BCUT2D eigenvalue weighted by molar-refractivity contribution is 5.73. The number of aromatic hydroxyl groups is 1. The van der Waals surface area contributed by atoms with Gasteiger partial charge in [0.1, 0.15) is 5.60 Å². The van der Waals surface area contributed by atoms with E-state index in [9.17, 15) is 9.90 Å². The molecule has 0 bridgehead atoms. The molecule has 5 nitrogen and oxygen atoms in total. The Morgan fingerprint density at radius 1 is 1.40 bits per heavy atom. The molecule has 0 saturated carbocycles. The molecular formula is C15H23NO4. The minimum atomic E-state index is -0.535. The number of hydrogen-bond acceptors (Lipinski definition) is 5. The number of hydrogen-bond donors (Lipinski definition) is 2. The van der Waals surface area contributed by atoms with Crippen LogP contribution < -0.4 is 10.5 Å². The number of esters is 1. The van der Waals surface area contributed by atoms with Gasteiger partial charge in [0.05, 0.1) is 13.0 Å². The van der Waals surface area contributed by atoms with Crippen LogP contribution in [0.2, 0.25) is 0 Å². The van der Waals surface area contributed by atoms with Gasteiger partial charge >= 0.3 is 5.97 Å². The van der Waals surface area contributed by atoms with Crippen LogP contribution >= 0.6 is 0 Å². The van der Waals surface area contributed by atoms with Crippen molar-refractivity contribution in [3.8, 4) is 11.5 Å². The summed E-state index contributed by atoms with van der Waals surface area (Å²) in [4.78, 5) is 12.0. The molecule has 1 atom stereocenters. The maximum atomic E-state index is 12.0. The number of rotatable bonds is 5. The lowest BCUT2D eigenvalue weighted by Crippen LogP contribution is -2.33. The van der Waals surface area contributed by atoms with Crippen molar-refractivity contribution in [1.82, 2.24) is 0 Å². The highest BCUT2D eigenvalue weighted by Crippen LogP contribution is 2.27. The SMILES string of the molecule is COc1ccc(CC(CN)C(=O)OC(C)(C)C)cc1O. The first-order valence-corrected chi connectivity index (χ1v) is 6.55. The third-order valence-corrected chi connectivity index (χ3v) is 2.75. The van der Waals surface area contributed by atoms with Crippen molar-refractivity contribution in [2.75, 3.05) is 13.7 Å². The number of nitrogens with two attached hydrogens (primary N) is 1. The molecule has 20 heavy (non-hydrogen) atoms. The fourth-order valence-corrected chi connectivity index (χ4v) is 1.80. The van der Waals surface area contributed by atoms with Gasteiger partial charge in [-0.25, -0.2) is 0 Å². The maximum Gasteiger partial charge on any atom is 0.311 e. The van der Waals surface area contributed by atoms with Crippen LogP contribution in [0, 0.1) is 5.92 Å². The van der Waals surface area contributed by atoms with Gasteiger partial charge in [0, 0.05) is 6.54 Å². The summed E-state index contributed by atoms with van der Waals surface area (Å²) >= 11 is 0. The van der Waals surface area contributed by atoms with Crippen molar-refractivity contribution in [2.45, 2.75) is 32.8 Å². The lowest BCUT2D eigenvalue weighted by atomic mass is 9.99. The smallest absolute Gasteiger partial charge is 0.311 e. The van der Waals surface area contributed by atoms with E-state index in [2.05, 4.69) is 0 Å². The highest BCUT2D eigenvalue weighted by Gasteiger charge is 2.24. The minimum absolute atomic E-state index is 0.0463. The number of carbonyl (C=O) groups is 1. The summed E-state index contributed by atoms with van der Waals surface area (Å²) in [7, 11) is 1.48. The number of benzene rings is 1. The maximum absolute atomic E-state index is 12.0. The Balaban J connectivity index is 2.78. The van der Waals surface area contributed by atoms with Gasteiger partial charge in [-0.1, -0.05) is 6.07 Å². The Bertz CT molecular complexity index is 465. The van der Waals surface area contributed by atoms with E-state index in [1.54, 1.807) is 18.2 Å². The first-order valence-electron chi connectivity index (χ1n) is 6.55. The summed E-state index contributed by atoms with van der Waals surface area (Å²) in [5.74, 6) is -0.308. The molecule has 0 saturated heterocycles. The summed E-state index contributed by atoms with van der Waals surface area (Å²) in [5.41, 5.74) is 5.92. The van der Waals surface area contributed by atoms with Crippen molar-refractivity contribution in [1.29, 1.82) is 0 Å². The van der Waals surface area contributed by atoms with Gasteiger partial charge in [0.2, 0.25) is 0 Å². The molecule has 5 heteroatoms. The molecule has 1 unspecified atom stereocenters. The molecule has 0 aliphatic carbocycles. The van der Waals surface area contributed by atoms with E-state index in [1.807, 2.05) is 20.8 Å². The van der Waals surface area contributed by atoms with Crippen LogP contribution in [-0.4, -0.2) is 30.3 Å². The van der Waals surface area contributed by atoms with Gasteiger partial charge in [0.15, 0.2) is 11.5 Å². The van der Waals surface area contributed by atoms with Crippen LogP contribution in [0.25, 0.3) is 0 Å². The summed E-state index contributed by atoms with van der Waals surface area (Å²) in [6, 6.07) is 5.03. The van der Waals surface area contributed by atoms with Crippen molar-refractivity contribution in [3.63, 3.8) is 0 Å². The molecule has 1 rings (SSSR count). The van der Waals surface area contributed by atoms with Crippen LogP contribution in [0.15, 0.2) is 18.2 Å². The molecule has 112 valence electrons. The number of phenolic OH excluding ortho intramolecular Hbond substituents is 1. The Hall–Kier alpha value is -1.75. The average molecular weight is 281 g/mol. The van der Waals surface area contributed by atoms with Crippen LogP contribution in [0.3, 0.4) is 0 Å². The molecule has 0 aliphatic rings. The molecule has 0 aromatic heterocycles. The molecule has 3 N–H and O–H groups in total. The van der Waals surface area contributed by atoms with E-state index in [4.69, 9.17) is 15.2 Å². The molecule has 0 radical (unpaired) electrons. The average Bonchev–Trinajstić information content (AvgIpc) is 2.33. The molecular weight excluding hydrogens is 258 g/mol. The fraction of sp³-hybridized carbons (Fsp3) is 0.533. The third-order valence-electron chi connectivity index (χ3n) is 2.75. The van der Waals surface area contributed by atoms with E-state index in [-0.39, 0.29) is 18.3 Å². The van der Waals surface area contributed by atoms with Gasteiger partial charge in [0.25, 0.3) is 0 Å². The normalized spacial score (nSPS) is 12.8. The second-order valence-corrected chi connectivity index (χ2v) is 5.68. The molecule has 0 fully saturated rings. The summed E-state index contributed by atoms with van der Waals surface area (Å²) in [5, 5.41) is 9.73. The molecule has 0 spiro atoms. The van der Waals surface area contributed by atoms with E-state index in [1.165, 1.54) is 7.11 Å². The van der Waals surface area contributed by atoms with Gasteiger partial charge in [-0.2, -0.15) is 0 Å². The molecule has 1 aromatic rings. The molecule has 0 aliphatic heterocycles. The van der Waals surface area contributed by atoms with Gasteiger partial charge in [-0.15, -0.1) is 0 Å². The van der Waals surface area contributed by atoms with E-state index >= 15 is 0 Å². The fourth-order valence-electron chi connectivity index (χ4n) is 1.80. The van der Waals surface area contributed by atoms with E-state index < -0.39 is 11.5 Å². The van der Waals surface area contributed by atoms with Crippen LogP contribution in [0.5, 0.6) is 11.5 Å². The summed E-state index contributed by atoms with van der Waals surface area (Å²) in [6.07, 6.45) is 0.420. The Labute approximate surface area is 119 Å². The van der Waals surface area contributed by atoms with Crippen molar-refractivity contribution >= 4 is 5.97 Å². The Morgan fingerprint density at radius 3 is 2.50 bits per heavy atom. The number of carbonyl (C=O) groups excluding carboxylic acids is 1. The number of phenols is 1. The number of methoxy groups -OCH3 is 1. The molecule has 0 heterocycles. The summed E-state index contributed by atoms with van der Waals surface area (Å²) < 4.78 is 10.3. The predicted molar refractivity (Wildman–Crippen MR) is 76.8 cm³/mol. The standard InChI is InChI=1S/C15H23NO4/c1-15(2,3)20-14(18)11(9-16)7-10-5-6-13(19-4)12(17)8-10/h5-6,8,11,17H,7,9,16H2,1-4H3. The van der Waals surface area contributed by atoms with E-state index in [0.29, 0.717) is 12.2 Å². The quantitative estimate of drug-likeness (QED) is 0.805. The Morgan fingerprint density at radius 2 is 2.05 bits per heavy atom. The second kappa shape index (κ2) is 6.61. The van der Waals surface area contributed by atoms with Crippen molar-refractivity contribution in [2.24, 2.45) is 11.7 Å². The molecule has 0 amide bonds. The van der Waals surface area contributed by atoms with Crippen LogP contribution in [0.1, 0.15) is 26.3 Å². The highest BCUT2D eigenvalue weighted by atomic mass is 16.6. The predicted octanol–water partition coefficient (Wildman–Crippen LogP) is 1.86.